The molecule has 0 saturated heterocycles. The Morgan fingerprint density at radius 1 is 1.36 bits per heavy atom. The van der Waals surface area contributed by atoms with Crippen molar-refractivity contribution >= 4 is 23.3 Å². The van der Waals surface area contributed by atoms with E-state index in [2.05, 4.69) is 15.4 Å². The molecule has 0 unspecified atom stereocenters. The minimum Gasteiger partial charge on any atom is -0.443 e. The number of hydrogen-bond acceptors (Lipinski definition) is 7. The molecule has 0 aliphatic rings. The second-order valence-electron chi connectivity index (χ2n) is 7.38. The Balaban J connectivity index is 2.03. The van der Waals surface area contributed by atoms with Crippen LogP contribution in [0.3, 0.4) is 0 Å². The van der Waals surface area contributed by atoms with Crippen molar-refractivity contribution in [2.24, 2.45) is 0 Å². The predicted octanol–water partition coefficient (Wildman–Crippen LogP) is 3.23. The van der Waals surface area contributed by atoms with Gasteiger partial charge < -0.3 is 10.1 Å². The molecule has 2 rings (SSSR count). The number of carbonyl (C=O) groups is 2. The minimum absolute atomic E-state index is 0.257. The number of ether oxygens (including phenoxy) is 1. The van der Waals surface area contributed by atoms with Crippen LogP contribution in [-0.2, 0) is 17.8 Å². The summed E-state index contributed by atoms with van der Waals surface area (Å²) in [4.78, 5) is 31.1. The highest BCUT2D eigenvalue weighted by molar-refractivity contribution is 7.09. The van der Waals surface area contributed by atoms with E-state index in [1.807, 2.05) is 19.2 Å². The average Bonchev–Trinajstić information content (AvgIpc) is 3.25. The molecule has 0 bridgehead atoms. The number of amides is 2. The average molecular weight is 408 g/mol. The summed E-state index contributed by atoms with van der Waals surface area (Å²) in [5.41, 5.74) is 0.445. The van der Waals surface area contributed by atoms with Gasteiger partial charge in [-0.1, -0.05) is 0 Å². The van der Waals surface area contributed by atoms with Crippen LogP contribution in [0.2, 0.25) is 0 Å². The van der Waals surface area contributed by atoms with E-state index in [0.29, 0.717) is 31.7 Å². The molecule has 8 nitrogen and oxygen atoms in total. The van der Waals surface area contributed by atoms with Crippen LogP contribution < -0.4 is 5.32 Å². The van der Waals surface area contributed by atoms with E-state index in [1.54, 1.807) is 49.1 Å². The van der Waals surface area contributed by atoms with Crippen LogP contribution >= 0.6 is 11.3 Å². The number of imide groups is 1. The molecular weight excluding hydrogens is 378 g/mol. The molecule has 2 aromatic heterocycles. The Hall–Kier alpha value is -2.26. The fraction of sp³-hybridized carbons (Fsp3) is 0.579. The van der Waals surface area contributed by atoms with Crippen molar-refractivity contribution < 1.29 is 14.3 Å². The first-order chi connectivity index (χ1) is 13.2. The lowest BCUT2D eigenvalue weighted by Gasteiger charge is -2.26. The molecule has 9 heteroatoms. The van der Waals surface area contributed by atoms with Crippen LogP contribution in [0, 0.1) is 6.92 Å². The van der Waals surface area contributed by atoms with Gasteiger partial charge in [0.25, 0.3) is 5.91 Å². The number of carbonyl (C=O) groups excluding carboxylic acids is 2. The summed E-state index contributed by atoms with van der Waals surface area (Å²) >= 11 is 1.59. The van der Waals surface area contributed by atoms with Gasteiger partial charge in [0.1, 0.15) is 16.3 Å². The van der Waals surface area contributed by atoms with Crippen LogP contribution in [0.15, 0.2) is 17.6 Å². The number of nitrogens with one attached hydrogen (secondary N) is 1. The van der Waals surface area contributed by atoms with Gasteiger partial charge in [0, 0.05) is 31.2 Å². The van der Waals surface area contributed by atoms with Gasteiger partial charge in [-0.05, 0) is 53.7 Å². The summed E-state index contributed by atoms with van der Waals surface area (Å²) in [7, 11) is 0. The SMILES string of the molecule is CCn1nc(C)cc1C(=O)N(CCCNCc1nccs1)C(=O)OC(C)(C)C. The molecule has 0 atom stereocenters. The molecule has 28 heavy (non-hydrogen) atoms. The Morgan fingerprint density at radius 2 is 2.11 bits per heavy atom. The minimum atomic E-state index is -0.681. The zero-order valence-electron chi connectivity index (χ0n) is 17.2. The predicted molar refractivity (Wildman–Crippen MR) is 108 cm³/mol. The molecule has 0 aliphatic carbocycles. The van der Waals surface area contributed by atoms with Gasteiger partial charge in [0.05, 0.1) is 5.69 Å². The molecule has 2 heterocycles. The van der Waals surface area contributed by atoms with Crippen molar-refractivity contribution in [3.05, 3.63) is 34.0 Å². The third-order valence-electron chi connectivity index (χ3n) is 3.77. The number of aryl methyl sites for hydroxylation is 2. The second-order valence-corrected chi connectivity index (χ2v) is 8.36. The van der Waals surface area contributed by atoms with Gasteiger partial charge in [-0.3, -0.25) is 9.48 Å². The van der Waals surface area contributed by atoms with E-state index >= 15 is 0 Å². The first-order valence-electron chi connectivity index (χ1n) is 9.39. The first kappa shape index (κ1) is 22.0. The van der Waals surface area contributed by atoms with Gasteiger partial charge >= 0.3 is 6.09 Å². The van der Waals surface area contributed by atoms with E-state index in [-0.39, 0.29) is 6.54 Å². The molecule has 2 amide bonds. The maximum absolute atomic E-state index is 13.1. The molecule has 0 spiro atoms. The fourth-order valence-electron chi connectivity index (χ4n) is 2.59. The quantitative estimate of drug-likeness (QED) is 0.676. The van der Waals surface area contributed by atoms with Crippen LogP contribution in [-0.4, -0.2) is 50.4 Å². The number of rotatable bonds is 8. The smallest absolute Gasteiger partial charge is 0.417 e. The van der Waals surface area contributed by atoms with E-state index < -0.39 is 17.6 Å². The number of hydrogen-bond donors (Lipinski definition) is 1. The summed E-state index contributed by atoms with van der Waals surface area (Å²) in [5.74, 6) is -0.392. The number of nitrogens with zero attached hydrogens (tertiary/aromatic N) is 4. The summed E-state index contributed by atoms with van der Waals surface area (Å²) in [6.45, 7) is 11.2. The van der Waals surface area contributed by atoms with Crippen LogP contribution in [0.25, 0.3) is 0 Å². The van der Waals surface area contributed by atoms with Gasteiger partial charge in [0.2, 0.25) is 0 Å². The lowest BCUT2D eigenvalue weighted by molar-refractivity contribution is 0.0236. The molecule has 2 aromatic rings. The van der Waals surface area contributed by atoms with Gasteiger partial charge in [0.15, 0.2) is 0 Å². The third kappa shape index (κ3) is 6.42. The molecule has 1 N–H and O–H groups in total. The molecular formula is C19H29N5O3S. The molecule has 0 fully saturated rings. The zero-order valence-corrected chi connectivity index (χ0v) is 18.0. The molecule has 0 radical (unpaired) electrons. The van der Waals surface area contributed by atoms with Gasteiger partial charge in [-0.2, -0.15) is 5.10 Å². The summed E-state index contributed by atoms with van der Waals surface area (Å²) in [6, 6.07) is 1.70. The maximum Gasteiger partial charge on any atom is 0.417 e. The summed E-state index contributed by atoms with van der Waals surface area (Å²) in [6.07, 6.45) is 1.73. The standard InChI is InChI=1S/C19H29N5O3S/c1-6-24-15(12-14(2)22-24)17(25)23(18(26)27-19(3,4)5)10-7-8-20-13-16-21-9-11-28-16/h9,11-12,20H,6-8,10,13H2,1-5H3. The summed E-state index contributed by atoms with van der Waals surface area (Å²) < 4.78 is 7.05. The Kier molecular flexibility index (Phi) is 7.70. The third-order valence-corrected chi connectivity index (χ3v) is 4.55. The number of thiazole rings is 1. The molecule has 154 valence electrons. The van der Waals surface area contributed by atoms with E-state index in [4.69, 9.17) is 4.74 Å². The van der Waals surface area contributed by atoms with Crippen molar-refractivity contribution in [3.63, 3.8) is 0 Å². The van der Waals surface area contributed by atoms with Crippen LogP contribution in [0.4, 0.5) is 4.79 Å². The Bertz CT molecular complexity index is 780. The Morgan fingerprint density at radius 3 is 2.71 bits per heavy atom. The normalized spacial score (nSPS) is 11.5. The van der Waals surface area contributed by atoms with Crippen LogP contribution in [0.1, 0.15) is 55.3 Å². The zero-order chi connectivity index (χ0) is 20.7. The highest BCUT2D eigenvalue weighted by Crippen LogP contribution is 2.14. The van der Waals surface area contributed by atoms with Crippen molar-refractivity contribution in [3.8, 4) is 0 Å². The summed E-state index contributed by atoms with van der Waals surface area (Å²) in [5, 5.41) is 10.5. The lowest BCUT2D eigenvalue weighted by Crippen LogP contribution is -2.42. The van der Waals surface area contributed by atoms with E-state index in [1.165, 1.54) is 4.90 Å². The highest BCUT2D eigenvalue weighted by atomic mass is 32.1. The Labute approximate surface area is 169 Å². The van der Waals surface area contributed by atoms with Crippen molar-refractivity contribution in [2.45, 2.75) is 59.7 Å². The van der Waals surface area contributed by atoms with Crippen molar-refractivity contribution in [1.29, 1.82) is 0 Å². The largest absolute Gasteiger partial charge is 0.443 e. The van der Waals surface area contributed by atoms with Gasteiger partial charge in [-0.15, -0.1) is 11.3 Å². The lowest BCUT2D eigenvalue weighted by atomic mass is 10.2. The van der Waals surface area contributed by atoms with E-state index in [0.717, 1.165) is 10.7 Å². The monoisotopic (exact) mass is 407 g/mol. The molecule has 0 saturated carbocycles. The van der Waals surface area contributed by atoms with Gasteiger partial charge in [-0.25, -0.2) is 14.7 Å². The first-order valence-corrected chi connectivity index (χ1v) is 10.3. The fourth-order valence-corrected chi connectivity index (χ4v) is 3.17. The van der Waals surface area contributed by atoms with E-state index in [9.17, 15) is 9.59 Å². The van der Waals surface area contributed by atoms with Crippen molar-refractivity contribution in [2.75, 3.05) is 13.1 Å². The second kappa shape index (κ2) is 9.79. The number of aromatic nitrogens is 3. The maximum atomic E-state index is 13.1. The topological polar surface area (TPSA) is 89.4 Å². The molecule has 0 aliphatic heterocycles. The molecule has 0 aromatic carbocycles. The van der Waals surface area contributed by atoms with Crippen molar-refractivity contribution in [1.82, 2.24) is 25.0 Å². The van der Waals surface area contributed by atoms with Crippen LogP contribution in [0.5, 0.6) is 0 Å². The highest BCUT2D eigenvalue weighted by Gasteiger charge is 2.29.